The second-order valence-electron chi connectivity index (χ2n) is 6.78. The lowest BCUT2D eigenvalue weighted by molar-refractivity contribution is -0.122. The van der Waals surface area contributed by atoms with E-state index in [9.17, 15) is 4.79 Å². The molecule has 0 N–H and O–H groups in total. The van der Waals surface area contributed by atoms with E-state index in [0.717, 1.165) is 0 Å². The molecule has 1 saturated heterocycles. The summed E-state index contributed by atoms with van der Waals surface area (Å²) in [6, 6.07) is 0.882. The van der Waals surface area contributed by atoms with Crippen molar-refractivity contribution in [2.24, 2.45) is 5.92 Å². The van der Waals surface area contributed by atoms with Crippen molar-refractivity contribution in [1.29, 1.82) is 0 Å². The molecular formula is C17H31NO. The molecule has 0 aromatic heterocycles. The van der Waals surface area contributed by atoms with Crippen molar-refractivity contribution >= 4 is 5.78 Å². The second kappa shape index (κ2) is 7.42. The fourth-order valence-corrected chi connectivity index (χ4v) is 4.27. The minimum absolute atomic E-state index is 0.216. The number of likely N-dealkylation sites (N-methyl/N-ethyl adjacent to an activating group) is 1. The zero-order valence-electron chi connectivity index (χ0n) is 12.9. The van der Waals surface area contributed by atoms with E-state index in [-0.39, 0.29) is 6.04 Å². The molecule has 1 aliphatic heterocycles. The normalized spacial score (nSPS) is 35.2. The molecule has 1 aliphatic carbocycles. The molecule has 0 spiro atoms. The summed E-state index contributed by atoms with van der Waals surface area (Å²) in [4.78, 5) is 14.3. The molecule has 1 saturated carbocycles. The van der Waals surface area contributed by atoms with Crippen LogP contribution in [0.15, 0.2) is 0 Å². The highest BCUT2D eigenvalue weighted by atomic mass is 16.1. The number of hydrogen-bond acceptors (Lipinski definition) is 2. The summed E-state index contributed by atoms with van der Waals surface area (Å²) >= 11 is 0. The molecule has 0 radical (unpaired) electrons. The zero-order chi connectivity index (χ0) is 13.7. The molecule has 2 heteroatoms. The van der Waals surface area contributed by atoms with E-state index >= 15 is 0 Å². The monoisotopic (exact) mass is 265 g/mol. The number of rotatable bonds is 1. The maximum absolute atomic E-state index is 11.9. The lowest BCUT2D eigenvalue weighted by atomic mass is 9.90. The van der Waals surface area contributed by atoms with E-state index in [0.29, 0.717) is 17.7 Å². The van der Waals surface area contributed by atoms with Crippen molar-refractivity contribution in [3.05, 3.63) is 0 Å². The molecule has 3 unspecified atom stereocenters. The van der Waals surface area contributed by atoms with Gasteiger partial charge in [-0.05, 0) is 39.2 Å². The first-order valence-electron chi connectivity index (χ1n) is 8.42. The Balaban J connectivity index is 1.98. The second-order valence-corrected chi connectivity index (χ2v) is 6.78. The van der Waals surface area contributed by atoms with Gasteiger partial charge in [-0.15, -0.1) is 0 Å². The Kier molecular flexibility index (Phi) is 5.87. The van der Waals surface area contributed by atoms with Gasteiger partial charge in [-0.1, -0.05) is 51.4 Å². The predicted molar refractivity (Wildman–Crippen MR) is 80.3 cm³/mol. The van der Waals surface area contributed by atoms with Gasteiger partial charge in [0.15, 0.2) is 0 Å². The van der Waals surface area contributed by atoms with Crippen LogP contribution in [-0.2, 0) is 4.79 Å². The number of carbonyl (C=O) groups excluding carboxylic acids is 1. The number of Topliss-reactive ketones (excluding diaryl/α,β-unsaturated/α-hetero) is 1. The topological polar surface area (TPSA) is 20.3 Å². The summed E-state index contributed by atoms with van der Waals surface area (Å²) in [5, 5.41) is 0. The van der Waals surface area contributed by atoms with Crippen LogP contribution in [0.25, 0.3) is 0 Å². The van der Waals surface area contributed by atoms with Crippen molar-refractivity contribution in [3.8, 4) is 0 Å². The van der Waals surface area contributed by atoms with Crippen LogP contribution in [0.4, 0.5) is 0 Å². The quantitative estimate of drug-likeness (QED) is 0.709. The van der Waals surface area contributed by atoms with Crippen LogP contribution in [0, 0.1) is 5.92 Å². The third-order valence-electron chi connectivity index (χ3n) is 5.31. The van der Waals surface area contributed by atoms with Gasteiger partial charge in [0.1, 0.15) is 5.78 Å². The van der Waals surface area contributed by atoms with Crippen molar-refractivity contribution in [1.82, 2.24) is 4.90 Å². The molecule has 0 aromatic carbocycles. The third kappa shape index (κ3) is 4.05. The number of likely N-dealkylation sites (tertiary alicyclic amines) is 1. The Morgan fingerprint density at radius 3 is 2.00 bits per heavy atom. The van der Waals surface area contributed by atoms with Crippen LogP contribution in [0.3, 0.4) is 0 Å². The first-order chi connectivity index (χ1) is 9.20. The highest BCUT2D eigenvalue weighted by molar-refractivity contribution is 5.82. The van der Waals surface area contributed by atoms with Gasteiger partial charge < -0.3 is 0 Å². The Morgan fingerprint density at radius 2 is 1.42 bits per heavy atom. The fourth-order valence-electron chi connectivity index (χ4n) is 4.27. The summed E-state index contributed by atoms with van der Waals surface area (Å²) in [6.07, 6.45) is 14.9. The lowest BCUT2D eigenvalue weighted by Gasteiger charge is -2.25. The predicted octanol–water partition coefficient (Wildman–Crippen LogP) is 4.18. The van der Waals surface area contributed by atoms with Crippen LogP contribution in [0.1, 0.15) is 77.6 Å². The molecular weight excluding hydrogens is 234 g/mol. The lowest BCUT2D eigenvalue weighted by Crippen LogP contribution is -2.39. The molecule has 1 heterocycles. The molecule has 0 aromatic rings. The Morgan fingerprint density at radius 1 is 0.895 bits per heavy atom. The van der Waals surface area contributed by atoms with Crippen LogP contribution < -0.4 is 0 Å². The molecule has 2 rings (SSSR count). The number of ketones is 1. The molecule has 19 heavy (non-hydrogen) atoms. The third-order valence-corrected chi connectivity index (χ3v) is 5.31. The Labute approximate surface area is 118 Å². The number of carbonyl (C=O) groups is 1. The average Bonchev–Trinajstić information content (AvgIpc) is 2.69. The van der Waals surface area contributed by atoms with Gasteiger partial charge in [0.25, 0.3) is 0 Å². The minimum Gasteiger partial charge on any atom is -0.298 e. The fraction of sp³-hybridized carbons (Fsp3) is 0.941. The van der Waals surface area contributed by atoms with Crippen LogP contribution in [-0.4, -0.2) is 29.8 Å². The summed E-state index contributed by atoms with van der Waals surface area (Å²) in [5.74, 6) is 1.02. The number of nitrogens with zero attached hydrogens (tertiary/aromatic N) is 1. The van der Waals surface area contributed by atoms with E-state index < -0.39 is 0 Å². The Hall–Kier alpha value is -0.370. The Bertz CT molecular complexity index is 289. The van der Waals surface area contributed by atoms with Crippen LogP contribution >= 0.6 is 0 Å². The number of hydrogen-bond donors (Lipinski definition) is 0. The van der Waals surface area contributed by atoms with Gasteiger partial charge in [0.2, 0.25) is 0 Å². The molecule has 2 bridgehead atoms. The van der Waals surface area contributed by atoms with Crippen molar-refractivity contribution in [3.63, 3.8) is 0 Å². The molecule has 3 atom stereocenters. The van der Waals surface area contributed by atoms with Gasteiger partial charge in [0, 0.05) is 6.04 Å². The van der Waals surface area contributed by atoms with Crippen LogP contribution in [0.5, 0.6) is 0 Å². The average molecular weight is 265 g/mol. The number of fused-ring (bicyclic) bond motifs is 2. The highest BCUT2D eigenvalue weighted by Gasteiger charge is 2.40. The smallest absolute Gasteiger partial charge is 0.147 e. The molecule has 2 fully saturated rings. The largest absolute Gasteiger partial charge is 0.298 e. The van der Waals surface area contributed by atoms with Crippen molar-refractivity contribution in [2.45, 2.75) is 89.6 Å². The molecule has 2 aliphatic rings. The van der Waals surface area contributed by atoms with Crippen molar-refractivity contribution < 1.29 is 4.79 Å². The maximum atomic E-state index is 11.9. The van der Waals surface area contributed by atoms with Gasteiger partial charge in [-0.3, -0.25) is 9.69 Å². The molecule has 0 amide bonds. The van der Waals surface area contributed by atoms with E-state index in [2.05, 4.69) is 11.9 Å². The SMILES string of the molecule is CC(=O)C1C2CCCCCCCCCCC(C2)N1C. The summed E-state index contributed by atoms with van der Waals surface area (Å²) in [7, 11) is 2.18. The minimum atomic E-state index is 0.216. The summed E-state index contributed by atoms with van der Waals surface area (Å²) in [5.41, 5.74) is 0. The summed E-state index contributed by atoms with van der Waals surface area (Å²) in [6.45, 7) is 1.79. The van der Waals surface area contributed by atoms with E-state index in [1.165, 1.54) is 70.6 Å². The van der Waals surface area contributed by atoms with Crippen LogP contribution in [0.2, 0.25) is 0 Å². The molecule has 2 nitrogen and oxygen atoms in total. The highest BCUT2D eigenvalue weighted by Crippen LogP contribution is 2.35. The maximum Gasteiger partial charge on any atom is 0.147 e. The van der Waals surface area contributed by atoms with Crippen molar-refractivity contribution in [2.75, 3.05) is 7.05 Å². The van der Waals surface area contributed by atoms with Gasteiger partial charge >= 0.3 is 0 Å². The van der Waals surface area contributed by atoms with Gasteiger partial charge in [-0.25, -0.2) is 0 Å². The standard InChI is InChI=1S/C17H31NO/c1-14(19)17-15-11-9-7-5-3-4-6-8-10-12-16(13-15)18(17)2/h15-17H,3-13H2,1-2H3. The van der Waals surface area contributed by atoms with Gasteiger partial charge in [-0.2, -0.15) is 0 Å². The van der Waals surface area contributed by atoms with E-state index in [4.69, 9.17) is 0 Å². The summed E-state index contributed by atoms with van der Waals surface area (Å²) < 4.78 is 0. The zero-order valence-corrected chi connectivity index (χ0v) is 12.9. The molecule has 110 valence electrons. The van der Waals surface area contributed by atoms with E-state index in [1.54, 1.807) is 6.92 Å². The first-order valence-corrected chi connectivity index (χ1v) is 8.42. The van der Waals surface area contributed by atoms with E-state index in [1.807, 2.05) is 0 Å². The first kappa shape index (κ1) is 15.0. The van der Waals surface area contributed by atoms with Gasteiger partial charge in [0.05, 0.1) is 6.04 Å².